The van der Waals surface area contributed by atoms with Crippen LogP contribution in [0.15, 0.2) is 15.9 Å². The smallest absolute Gasteiger partial charge is 0.262 e. The first kappa shape index (κ1) is 15.0. The van der Waals surface area contributed by atoms with Crippen molar-refractivity contribution in [3.63, 3.8) is 0 Å². The monoisotopic (exact) mass is 346 g/mol. The van der Waals surface area contributed by atoms with Crippen molar-refractivity contribution in [2.75, 3.05) is 13.2 Å². The van der Waals surface area contributed by atoms with Crippen LogP contribution in [0, 0.1) is 0 Å². The van der Waals surface area contributed by atoms with E-state index >= 15 is 0 Å². The normalized spacial score (nSPS) is 23.3. The summed E-state index contributed by atoms with van der Waals surface area (Å²) in [5, 5.41) is 4.76. The largest absolute Gasteiger partial charge is 0.376 e. The minimum Gasteiger partial charge on any atom is -0.376 e. The Hall–Kier alpha value is -0.430. The van der Waals surface area contributed by atoms with Gasteiger partial charge in [-0.1, -0.05) is 0 Å². The van der Waals surface area contributed by atoms with E-state index in [2.05, 4.69) is 21.2 Å². The number of rotatable bonds is 5. The van der Waals surface area contributed by atoms with Crippen LogP contribution in [0.4, 0.5) is 0 Å². The highest BCUT2D eigenvalue weighted by Crippen LogP contribution is 2.22. The first-order chi connectivity index (χ1) is 9.16. The molecule has 6 heteroatoms. The fourth-order valence-corrected chi connectivity index (χ4v) is 3.65. The summed E-state index contributed by atoms with van der Waals surface area (Å²) in [6.07, 6.45) is 4.46. The summed E-state index contributed by atoms with van der Waals surface area (Å²) in [7, 11) is 0. The van der Waals surface area contributed by atoms with E-state index in [-0.39, 0.29) is 5.91 Å². The van der Waals surface area contributed by atoms with Gasteiger partial charge in [0.2, 0.25) is 0 Å². The summed E-state index contributed by atoms with van der Waals surface area (Å²) in [6.45, 7) is 1.11. The average Bonchev–Trinajstić information content (AvgIpc) is 2.83. The molecule has 3 N–H and O–H groups in total. The molecule has 1 aromatic heterocycles. The van der Waals surface area contributed by atoms with Crippen LogP contribution in [-0.4, -0.2) is 31.2 Å². The van der Waals surface area contributed by atoms with E-state index in [9.17, 15) is 4.79 Å². The molecule has 1 fully saturated rings. The fraction of sp³-hybridized carbons (Fsp3) is 0.615. The number of hydrogen-bond acceptors (Lipinski definition) is 4. The fourth-order valence-electron chi connectivity index (χ4n) is 2.18. The standard InChI is InChI=1S/C13H19BrN2O2S/c14-11-5-8-19-12(11)13(17)16-6-7-18-10-3-1-9(15)2-4-10/h5,8-10H,1-4,6-7,15H2,(H,16,17). The van der Waals surface area contributed by atoms with Gasteiger partial charge in [-0.2, -0.15) is 0 Å². The van der Waals surface area contributed by atoms with Gasteiger partial charge in [-0.05, 0) is 53.1 Å². The van der Waals surface area contributed by atoms with Gasteiger partial charge in [-0.15, -0.1) is 11.3 Å². The molecule has 1 amide bonds. The highest BCUT2D eigenvalue weighted by Gasteiger charge is 2.18. The number of hydrogen-bond donors (Lipinski definition) is 2. The maximum Gasteiger partial charge on any atom is 0.262 e. The number of nitrogens with two attached hydrogens (primary N) is 1. The molecular formula is C13H19BrN2O2S. The van der Waals surface area contributed by atoms with Crippen molar-refractivity contribution in [3.8, 4) is 0 Å². The van der Waals surface area contributed by atoms with E-state index in [4.69, 9.17) is 10.5 Å². The van der Waals surface area contributed by atoms with Crippen LogP contribution in [-0.2, 0) is 4.74 Å². The van der Waals surface area contributed by atoms with Crippen molar-refractivity contribution in [1.82, 2.24) is 5.32 Å². The highest BCUT2D eigenvalue weighted by atomic mass is 79.9. The van der Waals surface area contributed by atoms with E-state index in [1.54, 1.807) is 0 Å². The van der Waals surface area contributed by atoms with Gasteiger partial charge in [0.05, 0.1) is 12.7 Å². The first-order valence-corrected chi connectivity index (χ1v) is 8.22. The SMILES string of the molecule is NC1CCC(OCCNC(=O)c2sccc2Br)CC1. The molecule has 106 valence electrons. The van der Waals surface area contributed by atoms with Crippen molar-refractivity contribution in [2.45, 2.75) is 37.8 Å². The van der Waals surface area contributed by atoms with Gasteiger partial charge < -0.3 is 15.8 Å². The van der Waals surface area contributed by atoms with Crippen molar-refractivity contribution in [3.05, 3.63) is 20.8 Å². The van der Waals surface area contributed by atoms with Gasteiger partial charge >= 0.3 is 0 Å². The zero-order valence-corrected chi connectivity index (χ0v) is 13.1. The van der Waals surface area contributed by atoms with Crippen LogP contribution in [0.25, 0.3) is 0 Å². The minimum atomic E-state index is -0.0452. The molecule has 2 rings (SSSR count). The summed E-state index contributed by atoms with van der Waals surface area (Å²) in [6, 6.07) is 2.22. The Bertz CT molecular complexity index is 417. The number of carbonyl (C=O) groups excluding carboxylic acids is 1. The van der Waals surface area contributed by atoms with E-state index in [1.165, 1.54) is 11.3 Å². The molecule has 0 atom stereocenters. The molecule has 0 bridgehead atoms. The van der Waals surface area contributed by atoms with Crippen LogP contribution in [0.2, 0.25) is 0 Å². The molecule has 0 unspecified atom stereocenters. The second-order valence-electron chi connectivity index (χ2n) is 4.76. The molecule has 1 aliphatic carbocycles. The van der Waals surface area contributed by atoms with Crippen LogP contribution < -0.4 is 11.1 Å². The topological polar surface area (TPSA) is 64.3 Å². The zero-order valence-electron chi connectivity index (χ0n) is 10.7. The highest BCUT2D eigenvalue weighted by molar-refractivity contribution is 9.10. The average molecular weight is 347 g/mol. The predicted octanol–water partition coefficient (Wildman–Crippen LogP) is 2.53. The van der Waals surface area contributed by atoms with Crippen molar-refractivity contribution in [1.29, 1.82) is 0 Å². The van der Waals surface area contributed by atoms with Crippen molar-refractivity contribution < 1.29 is 9.53 Å². The van der Waals surface area contributed by atoms with Crippen molar-refractivity contribution in [2.24, 2.45) is 5.73 Å². The van der Waals surface area contributed by atoms with Crippen LogP contribution in [0.3, 0.4) is 0 Å². The molecule has 1 aliphatic rings. The maximum absolute atomic E-state index is 11.8. The number of nitrogens with one attached hydrogen (secondary N) is 1. The lowest BCUT2D eigenvalue weighted by atomic mass is 9.94. The van der Waals surface area contributed by atoms with Gasteiger partial charge in [-0.25, -0.2) is 0 Å². The predicted molar refractivity (Wildman–Crippen MR) is 80.5 cm³/mol. The molecule has 4 nitrogen and oxygen atoms in total. The molecule has 0 aromatic carbocycles. The van der Waals surface area contributed by atoms with Gasteiger partial charge in [0.1, 0.15) is 4.88 Å². The molecule has 1 saturated carbocycles. The third-order valence-corrected chi connectivity index (χ3v) is 5.12. The molecule has 0 saturated heterocycles. The molecule has 0 spiro atoms. The lowest BCUT2D eigenvalue weighted by Gasteiger charge is -2.26. The second kappa shape index (κ2) is 7.38. The summed E-state index contributed by atoms with van der Waals surface area (Å²) in [5.74, 6) is -0.0452. The number of thiophene rings is 1. The van der Waals surface area contributed by atoms with Crippen LogP contribution in [0.1, 0.15) is 35.4 Å². The summed E-state index contributed by atoms with van der Waals surface area (Å²) in [5.41, 5.74) is 5.84. The molecule has 19 heavy (non-hydrogen) atoms. The number of halogens is 1. The first-order valence-electron chi connectivity index (χ1n) is 6.55. The van der Waals surface area contributed by atoms with E-state index in [0.29, 0.717) is 30.2 Å². The Morgan fingerprint density at radius 2 is 2.21 bits per heavy atom. The van der Waals surface area contributed by atoms with Gasteiger partial charge in [0.25, 0.3) is 5.91 Å². The Labute approximate surface area is 125 Å². The molecule has 1 heterocycles. The Kier molecular flexibility index (Phi) is 5.81. The Balaban J connectivity index is 1.62. The summed E-state index contributed by atoms with van der Waals surface area (Å²) >= 11 is 4.78. The van der Waals surface area contributed by atoms with Crippen molar-refractivity contribution >= 4 is 33.2 Å². The van der Waals surface area contributed by atoms with Gasteiger partial charge in [0, 0.05) is 17.1 Å². The second-order valence-corrected chi connectivity index (χ2v) is 6.53. The summed E-state index contributed by atoms with van der Waals surface area (Å²) in [4.78, 5) is 12.5. The number of carbonyl (C=O) groups is 1. The van der Waals surface area contributed by atoms with E-state index in [0.717, 1.165) is 30.2 Å². The summed E-state index contributed by atoms with van der Waals surface area (Å²) < 4.78 is 6.60. The van der Waals surface area contributed by atoms with Crippen LogP contribution >= 0.6 is 27.3 Å². The van der Waals surface area contributed by atoms with Gasteiger partial charge in [0.15, 0.2) is 0 Å². The van der Waals surface area contributed by atoms with Crippen LogP contribution in [0.5, 0.6) is 0 Å². The molecule has 0 radical (unpaired) electrons. The number of amides is 1. The number of ether oxygens (including phenoxy) is 1. The zero-order chi connectivity index (χ0) is 13.7. The molecule has 0 aliphatic heterocycles. The minimum absolute atomic E-state index is 0.0452. The molecule has 1 aromatic rings. The third-order valence-electron chi connectivity index (χ3n) is 3.28. The van der Waals surface area contributed by atoms with E-state index in [1.807, 2.05) is 11.4 Å². The lowest BCUT2D eigenvalue weighted by Crippen LogP contribution is -2.32. The Morgan fingerprint density at radius 1 is 1.47 bits per heavy atom. The third kappa shape index (κ3) is 4.56. The van der Waals surface area contributed by atoms with Gasteiger partial charge in [-0.3, -0.25) is 4.79 Å². The lowest BCUT2D eigenvalue weighted by molar-refractivity contribution is 0.0268. The maximum atomic E-state index is 11.8. The van der Waals surface area contributed by atoms with E-state index < -0.39 is 0 Å². The Morgan fingerprint density at radius 3 is 2.84 bits per heavy atom. The quantitative estimate of drug-likeness (QED) is 0.805. The molecular weight excluding hydrogens is 328 g/mol.